The van der Waals surface area contributed by atoms with Crippen LogP contribution >= 0.6 is 0 Å². The lowest BCUT2D eigenvalue weighted by molar-refractivity contribution is 0.587. The molecule has 2 atom stereocenters. The van der Waals surface area contributed by atoms with Gasteiger partial charge in [-0.1, -0.05) is 152 Å². The smallest absolute Gasteiger partial charge is 0.0566 e. The Morgan fingerprint density at radius 1 is 0.409 bits per heavy atom. The first-order valence-electron chi connectivity index (χ1n) is 15.1. The van der Waals surface area contributed by atoms with Gasteiger partial charge in [0.25, 0.3) is 0 Å². The van der Waals surface area contributed by atoms with Crippen molar-refractivity contribution in [3.05, 3.63) is 209 Å². The normalized spacial score (nSPS) is 18.1. The van der Waals surface area contributed by atoms with Gasteiger partial charge in [-0.3, -0.25) is 0 Å². The number of nitrogens with two attached hydrogens (primary N) is 2. The van der Waals surface area contributed by atoms with Gasteiger partial charge in [0.2, 0.25) is 0 Å². The van der Waals surface area contributed by atoms with Gasteiger partial charge in [0, 0.05) is 17.3 Å². The fourth-order valence-electron chi connectivity index (χ4n) is 6.92. The lowest BCUT2D eigenvalue weighted by Crippen LogP contribution is -2.38. The van der Waals surface area contributed by atoms with Gasteiger partial charge in [-0.2, -0.15) is 0 Å². The largest absolute Gasteiger partial charge is 0.399 e. The number of hydrogen-bond donors (Lipinski definition) is 2. The zero-order valence-corrected chi connectivity index (χ0v) is 24.5. The van der Waals surface area contributed by atoms with Crippen LogP contribution in [-0.2, 0) is 5.41 Å². The molecule has 1 aliphatic rings. The summed E-state index contributed by atoms with van der Waals surface area (Å²) < 4.78 is 0. The summed E-state index contributed by atoms with van der Waals surface area (Å²) in [7, 11) is 0. The number of rotatable bonds is 6. The van der Waals surface area contributed by atoms with Gasteiger partial charge in [-0.05, 0) is 74.4 Å². The number of anilines is 2. The Bertz CT molecular complexity index is 1920. The second kappa shape index (κ2) is 11.6. The predicted octanol–water partition coefficient (Wildman–Crippen LogP) is 9.63. The van der Waals surface area contributed by atoms with E-state index in [1.807, 2.05) is 24.3 Å². The summed E-state index contributed by atoms with van der Waals surface area (Å²) in [6, 6.07) is 60.2. The molecule has 0 fully saturated rings. The first-order valence-corrected chi connectivity index (χ1v) is 15.1. The molecule has 0 aliphatic heterocycles. The van der Waals surface area contributed by atoms with E-state index in [0.29, 0.717) is 0 Å². The Hall–Kier alpha value is -5.60. The maximum Gasteiger partial charge on any atom is 0.0566 e. The third-order valence-corrected chi connectivity index (χ3v) is 8.81. The summed E-state index contributed by atoms with van der Waals surface area (Å²) in [5, 5.41) is 0. The minimum Gasteiger partial charge on any atom is -0.399 e. The van der Waals surface area contributed by atoms with Crippen LogP contribution in [0.4, 0.5) is 11.4 Å². The molecule has 2 nitrogen and oxygen atoms in total. The van der Waals surface area contributed by atoms with Crippen molar-refractivity contribution in [2.75, 3.05) is 11.5 Å². The monoisotopic (exact) mass is 566 g/mol. The summed E-state index contributed by atoms with van der Waals surface area (Å²) in [4.78, 5) is 0. The van der Waals surface area contributed by atoms with E-state index in [-0.39, 0.29) is 5.92 Å². The molecule has 0 saturated heterocycles. The van der Waals surface area contributed by atoms with Gasteiger partial charge in [-0.25, -0.2) is 0 Å². The fourth-order valence-corrected chi connectivity index (χ4v) is 6.92. The molecule has 4 N–H and O–H groups in total. The predicted molar refractivity (Wildman–Crippen MR) is 186 cm³/mol. The Labute approximate surface area is 259 Å². The van der Waals surface area contributed by atoms with Crippen molar-refractivity contribution in [2.45, 2.75) is 11.3 Å². The van der Waals surface area contributed by atoms with Crippen molar-refractivity contribution < 1.29 is 0 Å². The second-order valence-corrected chi connectivity index (χ2v) is 11.4. The van der Waals surface area contributed by atoms with E-state index in [9.17, 15) is 0 Å². The zero-order valence-electron chi connectivity index (χ0n) is 24.5. The molecule has 6 aromatic carbocycles. The van der Waals surface area contributed by atoms with Crippen molar-refractivity contribution in [2.24, 2.45) is 0 Å². The molecular formula is C42H34N2. The molecule has 0 aromatic heterocycles. The minimum absolute atomic E-state index is 0.0510. The van der Waals surface area contributed by atoms with Crippen LogP contribution in [0.25, 0.3) is 16.7 Å². The van der Waals surface area contributed by atoms with Crippen LogP contribution in [0.15, 0.2) is 176 Å². The van der Waals surface area contributed by atoms with Crippen LogP contribution < -0.4 is 11.5 Å². The molecular weight excluding hydrogens is 532 g/mol. The number of benzene rings is 6. The molecule has 0 radical (unpaired) electrons. The molecule has 0 bridgehead atoms. The maximum atomic E-state index is 6.32. The highest BCUT2D eigenvalue weighted by Crippen LogP contribution is 2.61. The van der Waals surface area contributed by atoms with E-state index in [4.69, 9.17) is 11.5 Å². The number of nitrogen functional groups attached to an aromatic ring is 2. The molecule has 2 heteroatoms. The average molecular weight is 567 g/mol. The average Bonchev–Trinajstić information content (AvgIpc) is 3.09. The molecule has 7 rings (SSSR count). The molecule has 44 heavy (non-hydrogen) atoms. The summed E-state index contributed by atoms with van der Waals surface area (Å²) in [5.41, 5.74) is 24.2. The quantitative estimate of drug-likeness (QED) is 0.197. The van der Waals surface area contributed by atoms with Gasteiger partial charge < -0.3 is 11.5 Å². The molecule has 0 heterocycles. The SMILES string of the molecule is Nc1ccc(C2=C(c3ccccc3)C(c3ccccc3)=CC(c3ccccc3)C2(c2ccccc2)c2ccc(N)cc2)cc1. The van der Waals surface area contributed by atoms with Crippen molar-refractivity contribution in [1.82, 2.24) is 0 Å². The Morgan fingerprint density at radius 2 is 0.864 bits per heavy atom. The number of allylic oxidation sites excluding steroid dienone is 4. The summed E-state index contributed by atoms with van der Waals surface area (Å²) >= 11 is 0. The summed E-state index contributed by atoms with van der Waals surface area (Å²) in [6.07, 6.45) is 2.50. The molecule has 212 valence electrons. The Balaban J connectivity index is 1.73. The molecule has 0 saturated carbocycles. The first kappa shape index (κ1) is 27.2. The molecule has 0 spiro atoms. The Kier molecular flexibility index (Phi) is 7.17. The fraction of sp³-hybridized carbons (Fsp3) is 0.0476. The van der Waals surface area contributed by atoms with Gasteiger partial charge in [0.15, 0.2) is 0 Å². The Morgan fingerprint density at radius 3 is 1.43 bits per heavy atom. The van der Waals surface area contributed by atoms with Crippen LogP contribution in [0.1, 0.15) is 39.3 Å². The second-order valence-electron chi connectivity index (χ2n) is 11.4. The highest BCUT2D eigenvalue weighted by atomic mass is 14.6. The lowest BCUT2D eigenvalue weighted by Gasteiger charge is -2.48. The zero-order chi connectivity index (χ0) is 29.9. The van der Waals surface area contributed by atoms with E-state index < -0.39 is 5.41 Å². The van der Waals surface area contributed by atoms with Gasteiger partial charge in [0.1, 0.15) is 0 Å². The first-order chi connectivity index (χ1) is 21.7. The van der Waals surface area contributed by atoms with Crippen molar-refractivity contribution in [3.63, 3.8) is 0 Å². The molecule has 0 amide bonds. The molecule has 1 aliphatic carbocycles. The number of hydrogen-bond acceptors (Lipinski definition) is 2. The third kappa shape index (κ3) is 4.71. The summed E-state index contributed by atoms with van der Waals surface area (Å²) in [5.74, 6) is -0.0510. The topological polar surface area (TPSA) is 52.0 Å². The summed E-state index contributed by atoms with van der Waals surface area (Å²) in [6.45, 7) is 0. The van der Waals surface area contributed by atoms with Crippen molar-refractivity contribution in [1.29, 1.82) is 0 Å². The highest BCUT2D eigenvalue weighted by molar-refractivity contribution is 6.19. The van der Waals surface area contributed by atoms with Crippen molar-refractivity contribution in [3.8, 4) is 0 Å². The van der Waals surface area contributed by atoms with E-state index in [1.165, 1.54) is 39.0 Å². The highest BCUT2D eigenvalue weighted by Gasteiger charge is 2.49. The van der Waals surface area contributed by atoms with E-state index in [0.717, 1.165) is 22.5 Å². The van der Waals surface area contributed by atoms with Gasteiger partial charge >= 0.3 is 0 Å². The van der Waals surface area contributed by atoms with Crippen LogP contribution in [0.5, 0.6) is 0 Å². The van der Waals surface area contributed by atoms with Crippen LogP contribution in [0.3, 0.4) is 0 Å². The van der Waals surface area contributed by atoms with Crippen LogP contribution in [-0.4, -0.2) is 0 Å². The van der Waals surface area contributed by atoms with Crippen LogP contribution in [0, 0.1) is 0 Å². The van der Waals surface area contributed by atoms with Gasteiger partial charge in [-0.15, -0.1) is 0 Å². The van der Waals surface area contributed by atoms with E-state index >= 15 is 0 Å². The van der Waals surface area contributed by atoms with Crippen molar-refractivity contribution >= 4 is 28.1 Å². The minimum atomic E-state index is -0.615. The van der Waals surface area contributed by atoms with E-state index in [1.54, 1.807) is 0 Å². The van der Waals surface area contributed by atoms with Gasteiger partial charge in [0.05, 0.1) is 5.41 Å². The molecule has 2 unspecified atom stereocenters. The lowest BCUT2D eigenvalue weighted by atomic mass is 9.54. The molecule has 6 aromatic rings. The van der Waals surface area contributed by atoms with Crippen LogP contribution in [0.2, 0.25) is 0 Å². The third-order valence-electron chi connectivity index (χ3n) is 8.81. The maximum absolute atomic E-state index is 6.32. The standard InChI is InChI=1S/C42H34N2/c43-36-25-21-33(22-26-36)41-40(32-17-9-3-10-18-32)38(30-13-5-1-6-14-30)29-39(31-15-7-2-8-16-31)42(41,34-19-11-4-12-20-34)35-23-27-37(44)28-24-35/h1-29,39H,43-44H2. The van der Waals surface area contributed by atoms with E-state index in [2.05, 4.69) is 152 Å².